The molecule has 0 amide bonds. The third-order valence-corrected chi connectivity index (χ3v) is 1.24. The summed E-state index contributed by atoms with van der Waals surface area (Å²) >= 11 is 0. The first-order chi connectivity index (χ1) is 6.74. The van der Waals surface area contributed by atoms with Gasteiger partial charge in [-0.05, 0) is 20.8 Å². The van der Waals surface area contributed by atoms with E-state index in [1.165, 1.54) is 6.07 Å². The lowest BCUT2D eigenvalue weighted by Gasteiger charge is -2.18. The average molecular weight is 211 g/mol. The third-order valence-electron chi connectivity index (χ3n) is 1.24. The normalized spacial score (nSPS) is 10.3. The Morgan fingerprint density at radius 2 is 1.73 bits per heavy atom. The first-order valence-corrected chi connectivity index (χ1v) is 4.41. The Hall–Kier alpha value is -1.70. The molecule has 0 bridgehead atoms. The van der Waals surface area contributed by atoms with Gasteiger partial charge in [0, 0.05) is 0 Å². The lowest BCUT2D eigenvalue weighted by Crippen LogP contribution is -2.25. The van der Waals surface area contributed by atoms with Crippen LogP contribution in [0.1, 0.15) is 33.6 Å². The summed E-state index contributed by atoms with van der Waals surface area (Å²) in [5.41, 5.74) is -0.656. The van der Waals surface area contributed by atoms with Crippen molar-refractivity contribution in [2.75, 3.05) is 0 Å². The van der Waals surface area contributed by atoms with Crippen molar-refractivity contribution in [3.05, 3.63) is 0 Å². The zero-order valence-corrected chi connectivity index (χ0v) is 8.99. The predicted octanol–water partition coefficient (Wildman–Crippen LogP) is 0.770. The number of carbonyl (C=O) groups is 3. The molecule has 0 saturated carbocycles. The first-order valence-electron chi connectivity index (χ1n) is 4.41. The van der Waals surface area contributed by atoms with Gasteiger partial charge in [-0.25, -0.2) is 0 Å². The minimum atomic E-state index is -0.844. The van der Waals surface area contributed by atoms with Gasteiger partial charge in [0.15, 0.2) is 5.78 Å². The van der Waals surface area contributed by atoms with Crippen LogP contribution in [0.4, 0.5) is 0 Å². The Bertz CT molecular complexity index is 319. The zero-order valence-electron chi connectivity index (χ0n) is 8.99. The van der Waals surface area contributed by atoms with Gasteiger partial charge in [0.1, 0.15) is 18.1 Å². The molecule has 0 aliphatic rings. The van der Waals surface area contributed by atoms with Crippen molar-refractivity contribution in [2.24, 2.45) is 0 Å². The van der Waals surface area contributed by atoms with Gasteiger partial charge in [0.25, 0.3) is 0 Å². The maximum absolute atomic E-state index is 11.1. The average Bonchev–Trinajstić information content (AvgIpc) is 1.99. The van der Waals surface area contributed by atoms with E-state index in [1.807, 2.05) is 0 Å². The molecular weight excluding hydrogens is 198 g/mol. The Kier molecular flexibility index (Phi) is 4.65. The summed E-state index contributed by atoms with van der Waals surface area (Å²) in [5, 5.41) is 8.14. The molecule has 0 aromatic heterocycles. The molecule has 5 heteroatoms. The van der Waals surface area contributed by atoms with Crippen LogP contribution in [0, 0.1) is 11.3 Å². The van der Waals surface area contributed by atoms with Crippen molar-refractivity contribution < 1.29 is 19.1 Å². The van der Waals surface area contributed by atoms with Crippen LogP contribution in [0.3, 0.4) is 0 Å². The molecule has 0 aromatic carbocycles. The highest BCUT2D eigenvalue weighted by Crippen LogP contribution is 2.08. The maximum Gasteiger partial charge on any atom is 0.313 e. The lowest BCUT2D eigenvalue weighted by atomic mass is 10.1. The van der Waals surface area contributed by atoms with Gasteiger partial charge in [0.2, 0.25) is 5.78 Å². The van der Waals surface area contributed by atoms with E-state index < -0.39 is 36.0 Å². The molecular formula is C10H13NO4. The van der Waals surface area contributed by atoms with E-state index in [4.69, 9.17) is 10.00 Å². The van der Waals surface area contributed by atoms with Crippen molar-refractivity contribution in [3.8, 4) is 6.07 Å². The Morgan fingerprint density at radius 3 is 2.13 bits per heavy atom. The minimum absolute atomic E-state index is 0.468. The van der Waals surface area contributed by atoms with E-state index in [2.05, 4.69) is 0 Å². The third kappa shape index (κ3) is 7.38. The number of ketones is 2. The Morgan fingerprint density at radius 1 is 1.20 bits per heavy atom. The van der Waals surface area contributed by atoms with Crippen molar-refractivity contribution in [1.82, 2.24) is 0 Å². The molecule has 5 nitrogen and oxygen atoms in total. The fraction of sp³-hybridized carbons (Fsp3) is 0.600. The SMILES string of the molecule is CC(C)(C)OC(=O)CC(=O)CC(=O)C#N. The molecule has 82 valence electrons. The largest absolute Gasteiger partial charge is 0.460 e. The number of rotatable bonds is 4. The van der Waals surface area contributed by atoms with Crippen LogP contribution in [0.15, 0.2) is 0 Å². The van der Waals surface area contributed by atoms with E-state index in [-0.39, 0.29) is 0 Å². The van der Waals surface area contributed by atoms with Gasteiger partial charge in [-0.15, -0.1) is 0 Å². The summed E-state index contributed by atoms with van der Waals surface area (Å²) < 4.78 is 4.87. The molecule has 0 fully saturated rings. The first kappa shape index (κ1) is 13.3. The predicted molar refractivity (Wildman–Crippen MR) is 50.7 cm³/mol. The van der Waals surface area contributed by atoms with E-state index >= 15 is 0 Å². The lowest BCUT2D eigenvalue weighted by molar-refractivity contribution is -0.156. The standard InChI is InChI=1S/C10H13NO4/c1-10(2,3)15-9(14)5-7(12)4-8(13)6-11/h4-5H2,1-3H3. The molecule has 0 spiro atoms. The molecule has 0 rings (SSSR count). The van der Waals surface area contributed by atoms with Crippen LogP contribution in [0.2, 0.25) is 0 Å². The number of hydrogen-bond donors (Lipinski definition) is 0. The van der Waals surface area contributed by atoms with Gasteiger partial charge in [-0.1, -0.05) is 0 Å². The number of carbonyl (C=O) groups excluding carboxylic acids is 3. The van der Waals surface area contributed by atoms with E-state index in [0.29, 0.717) is 0 Å². The highest BCUT2D eigenvalue weighted by Gasteiger charge is 2.19. The van der Waals surface area contributed by atoms with Crippen molar-refractivity contribution in [1.29, 1.82) is 5.26 Å². The van der Waals surface area contributed by atoms with Crippen molar-refractivity contribution in [2.45, 2.75) is 39.2 Å². The fourth-order valence-corrected chi connectivity index (χ4v) is 0.820. The van der Waals surface area contributed by atoms with Gasteiger partial charge in [-0.2, -0.15) is 5.26 Å². The molecule has 0 atom stereocenters. The highest BCUT2D eigenvalue weighted by molar-refractivity contribution is 6.10. The smallest absolute Gasteiger partial charge is 0.313 e. The highest BCUT2D eigenvalue weighted by atomic mass is 16.6. The summed E-state index contributed by atoms with van der Waals surface area (Å²) in [4.78, 5) is 32.7. The molecule has 0 saturated heterocycles. The van der Waals surface area contributed by atoms with Crippen LogP contribution in [0.25, 0.3) is 0 Å². The molecule has 15 heavy (non-hydrogen) atoms. The summed E-state index contributed by atoms with van der Waals surface area (Å²) in [6, 6.07) is 1.31. The molecule has 0 heterocycles. The van der Waals surface area contributed by atoms with Gasteiger partial charge < -0.3 is 4.74 Å². The van der Waals surface area contributed by atoms with E-state index in [9.17, 15) is 14.4 Å². The maximum atomic E-state index is 11.1. The minimum Gasteiger partial charge on any atom is -0.460 e. The fourth-order valence-electron chi connectivity index (χ4n) is 0.820. The molecule has 0 aliphatic carbocycles. The van der Waals surface area contributed by atoms with Crippen molar-refractivity contribution in [3.63, 3.8) is 0 Å². The van der Waals surface area contributed by atoms with Crippen molar-refractivity contribution >= 4 is 17.5 Å². The monoisotopic (exact) mass is 211 g/mol. The van der Waals surface area contributed by atoms with Crippen LogP contribution in [-0.4, -0.2) is 23.1 Å². The second-order valence-corrected chi connectivity index (χ2v) is 4.01. The molecule has 0 unspecified atom stereocenters. The van der Waals surface area contributed by atoms with Crippen LogP contribution in [-0.2, 0) is 19.1 Å². The number of ether oxygens (including phenoxy) is 1. The topological polar surface area (TPSA) is 84.2 Å². The second-order valence-electron chi connectivity index (χ2n) is 4.01. The van der Waals surface area contributed by atoms with Gasteiger partial charge >= 0.3 is 5.97 Å². The zero-order chi connectivity index (χ0) is 12.1. The quantitative estimate of drug-likeness (QED) is 0.389. The van der Waals surface area contributed by atoms with E-state index in [1.54, 1.807) is 20.8 Å². The summed E-state index contributed by atoms with van der Waals surface area (Å²) in [5.74, 6) is -2.13. The number of esters is 1. The van der Waals surface area contributed by atoms with Gasteiger partial charge in [0.05, 0.1) is 6.42 Å². The Labute approximate surface area is 88.0 Å². The second kappa shape index (κ2) is 5.25. The number of Topliss-reactive ketones (excluding diaryl/α,β-unsaturated/α-hetero) is 2. The number of nitriles is 1. The molecule has 0 radical (unpaired) electrons. The van der Waals surface area contributed by atoms with Crippen LogP contribution >= 0.6 is 0 Å². The Balaban J connectivity index is 4.05. The summed E-state index contributed by atoms with van der Waals surface area (Å²) in [6.07, 6.45) is -1.000. The molecule has 0 N–H and O–H groups in total. The van der Waals surface area contributed by atoms with E-state index in [0.717, 1.165) is 0 Å². The van der Waals surface area contributed by atoms with Gasteiger partial charge in [-0.3, -0.25) is 14.4 Å². The molecule has 0 aliphatic heterocycles. The molecule has 0 aromatic rings. The van der Waals surface area contributed by atoms with Crippen LogP contribution < -0.4 is 0 Å². The number of nitrogens with zero attached hydrogens (tertiary/aromatic N) is 1. The number of hydrogen-bond acceptors (Lipinski definition) is 5. The summed E-state index contributed by atoms with van der Waals surface area (Å²) in [6.45, 7) is 5.03. The summed E-state index contributed by atoms with van der Waals surface area (Å²) in [7, 11) is 0. The van der Waals surface area contributed by atoms with Crippen LogP contribution in [0.5, 0.6) is 0 Å².